The molecular weight excluding hydrogens is 312 g/mol. The number of benzene rings is 1. The van der Waals surface area contributed by atoms with Crippen LogP contribution in [0.25, 0.3) is 0 Å². The Balaban J connectivity index is 1.47. The van der Waals surface area contributed by atoms with Gasteiger partial charge in [0.05, 0.1) is 0 Å². The molecule has 0 saturated heterocycles. The number of fused-ring (bicyclic) bond motifs is 3. The van der Waals surface area contributed by atoms with Gasteiger partial charge in [-0.25, -0.2) is 0 Å². The van der Waals surface area contributed by atoms with Crippen molar-refractivity contribution in [3.8, 4) is 0 Å². The van der Waals surface area contributed by atoms with Crippen molar-refractivity contribution in [3.05, 3.63) is 35.4 Å². The van der Waals surface area contributed by atoms with Gasteiger partial charge in [0, 0.05) is 25.9 Å². The second kappa shape index (κ2) is 6.47. The molecule has 1 aliphatic heterocycles. The van der Waals surface area contributed by atoms with Gasteiger partial charge in [-0.05, 0) is 55.1 Å². The number of rotatable bonds is 3. The molecule has 2 aliphatic carbocycles. The maximum absolute atomic E-state index is 13.0. The summed E-state index contributed by atoms with van der Waals surface area (Å²) in [6, 6.07) is 7.95. The van der Waals surface area contributed by atoms with E-state index in [-0.39, 0.29) is 23.9 Å². The Bertz CT molecular complexity index is 686. The molecule has 1 aromatic rings. The molecule has 1 aromatic carbocycles. The van der Waals surface area contributed by atoms with Crippen LogP contribution in [-0.2, 0) is 22.6 Å². The molecule has 2 amide bonds. The Labute approximate surface area is 150 Å². The average Bonchev–Trinajstić information content (AvgIpc) is 3.23. The van der Waals surface area contributed by atoms with Gasteiger partial charge >= 0.3 is 0 Å². The van der Waals surface area contributed by atoms with Crippen LogP contribution in [0, 0.1) is 17.8 Å². The van der Waals surface area contributed by atoms with Gasteiger partial charge in [0.25, 0.3) is 0 Å². The molecule has 2 fully saturated rings. The van der Waals surface area contributed by atoms with E-state index in [4.69, 9.17) is 0 Å². The fourth-order valence-corrected chi connectivity index (χ4v) is 5.42. The van der Waals surface area contributed by atoms with Gasteiger partial charge in [0.1, 0.15) is 6.04 Å². The third-order valence-corrected chi connectivity index (χ3v) is 6.76. The highest BCUT2D eigenvalue weighted by Gasteiger charge is 2.43. The number of carbonyl (C=O) groups is 2. The minimum atomic E-state index is -0.381. The van der Waals surface area contributed by atoms with E-state index in [1.807, 2.05) is 12.1 Å². The summed E-state index contributed by atoms with van der Waals surface area (Å²) in [5.41, 5.74) is 2.34. The number of nitrogens with one attached hydrogen (secondary N) is 1. The zero-order valence-electron chi connectivity index (χ0n) is 15.2. The van der Waals surface area contributed by atoms with E-state index in [1.165, 1.54) is 31.2 Å². The topological polar surface area (TPSA) is 49.4 Å². The van der Waals surface area contributed by atoms with Crippen molar-refractivity contribution >= 4 is 11.8 Å². The van der Waals surface area contributed by atoms with Crippen molar-refractivity contribution in [2.24, 2.45) is 17.8 Å². The van der Waals surface area contributed by atoms with Gasteiger partial charge in [0.2, 0.25) is 11.8 Å². The molecule has 0 aromatic heterocycles. The number of hydrogen-bond acceptors (Lipinski definition) is 2. The normalized spacial score (nSPS) is 31.5. The van der Waals surface area contributed by atoms with Crippen molar-refractivity contribution in [1.82, 2.24) is 10.2 Å². The van der Waals surface area contributed by atoms with E-state index in [0.29, 0.717) is 18.9 Å². The summed E-state index contributed by atoms with van der Waals surface area (Å²) < 4.78 is 0. The van der Waals surface area contributed by atoms with Gasteiger partial charge < -0.3 is 10.2 Å². The second-order valence-electron chi connectivity index (χ2n) is 8.27. The summed E-state index contributed by atoms with van der Waals surface area (Å²) in [6.45, 7) is 4.25. The Kier molecular flexibility index (Phi) is 4.30. The summed E-state index contributed by atoms with van der Waals surface area (Å²) in [7, 11) is 0. The Morgan fingerprint density at radius 2 is 1.92 bits per heavy atom. The first kappa shape index (κ1) is 16.6. The quantitative estimate of drug-likeness (QED) is 0.920. The summed E-state index contributed by atoms with van der Waals surface area (Å²) >= 11 is 0. The molecule has 0 unspecified atom stereocenters. The largest absolute Gasteiger partial charge is 0.352 e. The zero-order valence-corrected chi connectivity index (χ0v) is 15.2. The van der Waals surface area contributed by atoms with Gasteiger partial charge in [-0.3, -0.25) is 9.59 Å². The summed E-state index contributed by atoms with van der Waals surface area (Å²) in [5.74, 6) is 2.27. The molecule has 134 valence electrons. The number of nitrogens with zero attached hydrogens (tertiary/aromatic N) is 1. The van der Waals surface area contributed by atoms with Crippen molar-refractivity contribution in [2.75, 3.05) is 0 Å². The van der Waals surface area contributed by atoms with Crippen LogP contribution in [0.3, 0.4) is 0 Å². The van der Waals surface area contributed by atoms with Crippen LogP contribution in [0.4, 0.5) is 0 Å². The van der Waals surface area contributed by atoms with Gasteiger partial charge in [-0.15, -0.1) is 0 Å². The first-order chi connectivity index (χ1) is 12.0. The standard InChI is InChI=1S/C21H28N2O2/c1-13(19-10-15-7-8-17(19)9-15)22-21(25)20-11-16-5-3-4-6-18(16)12-23(20)14(2)24/h3-6,13,15,17,19-20H,7-12H2,1-2H3,(H,22,25)/t13-,15+,17+,19-,20-/m1/s1. The molecule has 4 nitrogen and oxygen atoms in total. The maximum Gasteiger partial charge on any atom is 0.243 e. The Hall–Kier alpha value is -1.84. The third-order valence-electron chi connectivity index (χ3n) is 6.76. The molecule has 1 N–H and O–H groups in total. The highest BCUT2D eigenvalue weighted by atomic mass is 16.2. The lowest BCUT2D eigenvalue weighted by Crippen LogP contribution is -2.54. The Morgan fingerprint density at radius 3 is 2.56 bits per heavy atom. The van der Waals surface area contributed by atoms with Crippen LogP contribution < -0.4 is 5.32 Å². The molecule has 3 aliphatic rings. The number of hydrogen-bond donors (Lipinski definition) is 1. The lowest BCUT2D eigenvalue weighted by molar-refractivity contribution is -0.140. The Morgan fingerprint density at radius 1 is 1.16 bits per heavy atom. The van der Waals surface area contributed by atoms with Crippen LogP contribution in [0.15, 0.2) is 24.3 Å². The highest BCUT2D eigenvalue weighted by molar-refractivity contribution is 5.88. The molecule has 5 atom stereocenters. The summed E-state index contributed by atoms with van der Waals surface area (Å²) in [6.07, 6.45) is 5.92. The maximum atomic E-state index is 13.0. The minimum absolute atomic E-state index is 0.0139. The van der Waals surface area contributed by atoms with Crippen molar-refractivity contribution < 1.29 is 9.59 Å². The molecule has 0 radical (unpaired) electrons. The zero-order chi connectivity index (χ0) is 17.6. The van der Waals surface area contributed by atoms with E-state index < -0.39 is 0 Å². The van der Waals surface area contributed by atoms with E-state index in [0.717, 1.165) is 17.4 Å². The first-order valence-electron chi connectivity index (χ1n) is 9.67. The van der Waals surface area contributed by atoms with Crippen LogP contribution in [-0.4, -0.2) is 28.8 Å². The van der Waals surface area contributed by atoms with Gasteiger partial charge in [-0.2, -0.15) is 0 Å². The predicted molar refractivity (Wildman–Crippen MR) is 96.7 cm³/mol. The lowest BCUT2D eigenvalue weighted by Gasteiger charge is -2.37. The molecular formula is C21H28N2O2. The van der Waals surface area contributed by atoms with Crippen LogP contribution in [0.1, 0.15) is 50.7 Å². The van der Waals surface area contributed by atoms with E-state index in [2.05, 4.69) is 24.4 Å². The summed E-state index contributed by atoms with van der Waals surface area (Å²) in [5, 5.41) is 3.26. The fourth-order valence-electron chi connectivity index (χ4n) is 5.42. The number of carbonyl (C=O) groups excluding carboxylic acids is 2. The van der Waals surface area contributed by atoms with Crippen LogP contribution in [0.2, 0.25) is 0 Å². The number of amides is 2. The van der Waals surface area contributed by atoms with Gasteiger partial charge in [0.15, 0.2) is 0 Å². The fraction of sp³-hybridized carbons (Fsp3) is 0.619. The van der Waals surface area contributed by atoms with Gasteiger partial charge in [-0.1, -0.05) is 30.7 Å². The first-order valence-corrected chi connectivity index (χ1v) is 9.67. The smallest absolute Gasteiger partial charge is 0.243 e. The average molecular weight is 340 g/mol. The molecule has 25 heavy (non-hydrogen) atoms. The van der Waals surface area contributed by atoms with Crippen molar-refractivity contribution in [2.45, 2.75) is 64.6 Å². The van der Waals surface area contributed by atoms with E-state index >= 15 is 0 Å². The second-order valence-corrected chi connectivity index (χ2v) is 8.27. The van der Waals surface area contributed by atoms with Crippen LogP contribution >= 0.6 is 0 Å². The van der Waals surface area contributed by atoms with E-state index in [1.54, 1.807) is 11.8 Å². The summed E-state index contributed by atoms with van der Waals surface area (Å²) in [4.78, 5) is 26.8. The monoisotopic (exact) mass is 340 g/mol. The van der Waals surface area contributed by atoms with Crippen LogP contribution in [0.5, 0.6) is 0 Å². The van der Waals surface area contributed by atoms with Crippen molar-refractivity contribution in [1.29, 1.82) is 0 Å². The molecule has 4 heteroatoms. The SMILES string of the molecule is CC(=O)N1Cc2ccccc2C[C@@H]1C(=O)N[C@H](C)[C@H]1C[C@H]2CC[C@H]1C2. The van der Waals surface area contributed by atoms with Crippen molar-refractivity contribution in [3.63, 3.8) is 0 Å². The predicted octanol–water partition coefficient (Wildman–Crippen LogP) is 2.90. The molecule has 0 spiro atoms. The lowest BCUT2D eigenvalue weighted by atomic mass is 9.83. The minimum Gasteiger partial charge on any atom is -0.352 e. The molecule has 2 saturated carbocycles. The highest BCUT2D eigenvalue weighted by Crippen LogP contribution is 2.49. The molecule has 1 heterocycles. The molecule has 4 rings (SSSR count). The van der Waals surface area contributed by atoms with E-state index in [9.17, 15) is 9.59 Å². The molecule has 2 bridgehead atoms. The third kappa shape index (κ3) is 3.07.